The first-order valence-electron chi connectivity index (χ1n) is 5.20. The number of benzene rings is 1. The molecule has 0 aliphatic heterocycles. The predicted molar refractivity (Wildman–Crippen MR) is 65.9 cm³/mol. The third-order valence-electron chi connectivity index (χ3n) is 2.54. The van der Waals surface area contributed by atoms with Crippen LogP contribution in [0.2, 0.25) is 0 Å². The standard InChI is InChI=1S/C12H10BrF3N2/c1-8-6-9(7-13)2-3-10(8)18-5-4-11(17-18)12(14,15)16/h2-6H,7H2,1H3. The fourth-order valence-electron chi connectivity index (χ4n) is 1.67. The van der Waals surface area contributed by atoms with Crippen molar-refractivity contribution < 1.29 is 13.2 Å². The molecule has 0 bridgehead atoms. The van der Waals surface area contributed by atoms with Crippen LogP contribution in [-0.2, 0) is 11.5 Å². The van der Waals surface area contributed by atoms with E-state index in [1.165, 1.54) is 10.9 Å². The molecule has 0 unspecified atom stereocenters. The quantitative estimate of drug-likeness (QED) is 0.762. The number of halogens is 4. The van der Waals surface area contributed by atoms with Crippen LogP contribution in [0.4, 0.5) is 13.2 Å². The number of hydrogen-bond acceptors (Lipinski definition) is 1. The molecule has 18 heavy (non-hydrogen) atoms. The average Bonchev–Trinajstić information content (AvgIpc) is 2.77. The molecule has 2 rings (SSSR count). The van der Waals surface area contributed by atoms with E-state index in [1.54, 1.807) is 6.07 Å². The first-order valence-corrected chi connectivity index (χ1v) is 6.32. The molecule has 0 atom stereocenters. The molecule has 0 radical (unpaired) electrons. The lowest BCUT2D eigenvalue weighted by atomic mass is 10.1. The number of aromatic nitrogens is 2. The molecule has 2 aromatic rings. The molecule has 6 heteroatoms. The fraction of sp³-hybridized carbons (Fsp3) is 0.250. The molecule has 96 valence electrons. The maximum atomic E-state index is 12.5. The third-order valence-corrected chi connectivity index (χ3v) is 3.19. The van der Waals surface area contributed by atoms with E-state index in [0.717, 1.165) is 17.2 Å². The summed E-state index contributed by atoms with van der Waals surface area (Å²) in [5, 5.41) is 4.26. The van der Waals surface area contributed by atoms with Gasteiger partial charge in [0.2, 0.25) is 0 Å². The van der Waals surface area contributed by atoms with Crippen LogP contribution < -0.4 is 0 Å². The van der Waals surface area contributed by atoms with Crippen molar-refractivity contribution in [2.45, 2.75) is 18.4 Å². The number of aryl methyl sites for hydroxylation is 1. The van der Waals surface area contributed by atoms with Gasteiger partial charge in [-0.2, -0.15) is 18.3 Å². The second-order valence-electron chi connectivity index (χ2n) is 3.90. The van der Waals surface area contributed by atoms with Crippen molar-refractivity contribution in [3.8, 4) is 5.69 Å². The van der Waals surface area contributed by atoms with Crippen molar-refractivity contribution in [1.82, 2.24) is 9.78 Å². The van der Waals surface area contributed by atoms with E-state index in [0.29, 0.717) is 11.0 Å². The van der Waals surface area contributed by atoms with Crippen LogP contribution in [0, 0.1) is 6.92 Å². The molecule has 0 amide bonds. The Morgan fingerprint density at radius 3 is 2.50 bits per heavy atom. The van der Waals surface area contributed by atoms with Gasteiger partial charge in [0.25, 0.3) is 0 Å². The van der Waals surface area contributed by atoms with Crippen molar-refractivity contribution in [3.05, 3.63) is 47.3 Å². The van der Waals surface area contributed by atoms with E-state index in [-0.39, 0.29) is 0 Å². The lowest BCUT2D eigenvalue weighted by molar-refractivity contribution is -0.141. The molecule has 0 fully saturated rings. The highest BCUT2D eigenvalue weighted by Crippen LogP contribution is 2.28. The highest BCUT2D eigenvalue weighted by atomic mass is 79.9. The highest BCUT2D eigenvalue weighted by molar-refractivity contribution is 9.08. The summed E-state index contributed by atoms with van der Waals surface area (Å²) >= 11 is 3.33. The van der Waals surface area contributed by atoms with Gasteiger partial charge in [-0.05, 0) is 30.2 Å². The van der Waals surface area contributed by atoms with Gasteiger partial charge in [0, 0.05) is 11.5 Å². The lowest BCUT2D eigenvalue weighted by Gasteiger charge is -2.07. The van der Waals surface area contributed by atoms with Crippen LogP contribution in [0.25, 0.3) is 5.69 Å². The van der Waals surface area contributed by atoms with Gasteiger partial charge in [0.15, 0.2) is 5.69 Å². The van der Waals surface area contributed by atoms with Crippen LogP contribution in [0.15, 0.2) is 30.5 Å². The van der Waals surface area contributed by atoms with Crippen molar-refractivity contribution in [2.75, 3.05) is 0 Å². The summed E-state index contributed by atoms with van der Waals surface area (Å²) < 4.78 is 38.6. The van der Waals surface area contributed by atoms with Crippen LogP contribution in [0.5, 0.6) is 0 Å². The lowest BCUT2D eigenvalue weighted by Crippen LogP contribution is -2.07. The van der Waals surface area contributed by atoms with E-state index in [1.807, 2.05) is 19.1 Å². The summed E-state index contributed by atoms with van der Waals surface area (Å²) in [6, 6.07) is 6.50. The molecule has 1 aromatic heterocycles. The maximum absolute atomic E-state index is 12.5. The smallest absolute Gasteiger partial charge is 0.240 e. The second kappa shape index (κ2) is 4.76. The Kier molecular flexibility index (Phi) is 3.47. The Hall–Kier alpha value is -1.30. The molecule has 1 heterocycles. The van der Waals surface area contributed by atoms with Crippen LogP contribution >= 0.6 is 15.9 Å². The molecule has 0 saturated heterocycles. The molecule has 0 saturated carbocycles. The Balaban J connectivity index is 2.40. The van der Waals surface area contributed by atoms with Gasteiger partial charge in [-0.3, -0.25) is 0 Å². The number of rotatable bonds is 2. The van der Waals surface area contributed by atoms with Gasteiger partial charge in [0.05, 0.1) is 5.69 Å². The zero-order valence-corrected chi connectivity index (χ0v) is 11.1. The topological polar surface area (TPSA) is 17.8 Å². The zero-order chi connectivity index (χ0) is 13.3. The van der Waals surface area contributed by atoms with E-state index in [9.17, 15) is 13.2 Å². The van der Waals surface area contributed by atoms with Crippen molar-refractivity contribution >= 4 is 15.9 Å². The molecule has 0 aliphatic rings. The first-order chi connectivity index (χ1) is 8.41. The Morgan fingerprint density at radius 1 is 1.28 bits per heavy atom. The zero-order valence-electron chi connectivity index (χ0n) is 9.50. The first kappa shape index (κ1) is 13.1. The molecule has 2 nitrogen and oxygen atoms in total. The summed E-state index contributed by atoms with van der Waals surface area (Å²) in [6.45, 7) is 1.84. The average molecular weight is 319 g/mol. The van der Waals surface area contributed by atoms with Crippen LogP contribution in [0.3, 0.4) is 0 Å². The minimum atomic E-state index is -4.41. The number of nitrogens with zero attached hydrogens (tertiary/aromatic N) is 2. The summed E-state index contributed by atoms with van der Waals surface area (Å²) in [5.41, 5.74) is 1.71. The Morgan fingerprint density at radius 2 is 2.00 bits per heavy atom. The normalized spacial score (nSPS) is 11.8. The van der Waals surface area contributed by atoms with Crippen LogP contribution in [-0.4, -0.2) is 9.78 Å². The second-order valence-corrected chi connectivity index (χ2v) is 4.46. The van der Waals surface area contributed by atoms with E-state index in [4.69, 9.17) is 0 Å². The third kappa shape index (κ3) is 2.58. The molecule has 1 aromatic carbocycles. The maximum Gasteiger partial charge on any atom is 0.435 e. The molecular weight excluding hydrogens is 309 g/mol. The molecule has 0 aliphatic carbocycles. The SMILES string of the molecule is Cc1cc(CBr)ccc1-n1ccc(C(F)(F)F)n1. The Bertz CT molecular complexity index is 561. The van der Waals surface area contributed by atoms with E-state index < -0.39 is 11.9 Å². The summed E-state index contributed by atoms with van der Waals surface area (Å²) in [7, 11) is 0. The van der Waals surface area contributed by atoms with Crippen molar-refractivity contribution in [2.24, 2.45) is 0 Å². The number of alkyl halides is 4. The van der Waals surface area contributed by atoms with Gasteiger partial charge in [-0.1, -0.05) is 28.1 Å². The minimum Gasteiger partial charge on any atom is -0.240 e. The van der Waals surface area contributed by atoms with Gasteiger partial charge >= 0.3 is 6.18 Å². The largest absolute Gasteiger partial charge is 0.435 e. The van der Waals surface area contributed by atoms with Crippen molar-refractivity contribution in [3.63, 3.8) is 0 Å². The highest BCUT2D eigenvalue weighted by Gasteiger charge is 2.33. The summed E-state index contributed by atoms with van der Waals surface area (Å²) in [4.78, 5) is 0. The fourth-order valence-corrected chi connectivity index (χ4v) is 2.02. The molecule has 0 N–H and O–H groups in total. The number of hydrogen-bond donors (Lipinski definition) is 0. The predicted octanol–water partition coefficient (Wildman–Crippen LogP) is 4.09. The van der Waals surface area contributed by atoms with Gasteiger partial charge in [0.1, 0.15) is 0 Å². The van der Waals surface area contributed by atoms with Crippen molar-refractivity contribution in [1.29, 1.82) is 0 Å². The summed E-state index contributed by atoms with van der Waals surface area (Å²) in [6.07, 6.45) is -3.09. The van der Waals surface area contributed by atoms with E-state index in [2.05, 4.69) is 21.0 Å². The van der Waals surface area contributed by atoms with Gasteiger partial charge in [-0.15, -0.1) is 0 Å². The van der Waals surface area contributed by atoms with Gasteiger partial charge < -0.3 is 0 Å². The van der Waals surface area contributed by atoms with E-state index >= 15 is 0 Å². The molecule has 0 spiro atoms. The van der Waals surface area contributed by atoms with Crippen LogP contribution in [0.1, 0.15) is 16.8 Å². The summed E-state index contributed by atoms with van der Waals surface area (Å²) in [5.74, 6) is 0. The monoisotopic (exact) mass is 318 g/mol. The minimum absolute atomic E-state index is 0.648. The Labute approximate surface area is 111 Å². The molecular formula is C12H10BrF3N2. The van der Waals surface area contributed by atoms with Gasteiger partial charge in [-0.25, -0.2) is 4.68 Å².